The number of aliphatic carboxylic acids is 1. The van der Waals surface area contributed by atoms with E-state index in [4.69, 9.17) is 4.74 Å². The minimum absolute atomic E-state index is 0.0584. The molecule has 2 aliphatic heterocycles. The lowest BCUT2D eigenvalue weighted by atomic mass is 9.89. The van der Waals surface area contributed by atoms with Gasteiger partial charge in [0.2, 0.25) is 5.91 Å². The molecular weight excluding hydrogens is 272 g/mol. The van der Waals surface area contributed by atoms with E-state index in [1.807, 2.05) is 24.3 Å². The van der Waals surface area contributed by atoms with E-state index in [0.29, 0.717) is 19.7 Å². The van der Waals surface area contributed by atoms with Gasteiger partial charge in [0.25, 0.3) is 0 Å². The summed E-state index contributed by atoms with van der Waals surface area (Å²) < 4.78 is 5.19. The van der Waals surface area contributed by atoms with E-state index in [1.54, 1.807) is 0 Å². The molecule has 0 bridgehead atoms. The fourth-order valence-corrected chi connectivity index (χ4v) is 2.99. The normalized spacial score (nSPS) is 25.2. The number of fused-ring (bicyclic) bond motifs is 1. The number of benzene rings is 1. The van der Waals surface area contributed by atoms with Gasteiger partial charge in [-0.2, -0.15) is 0 Å². The van der Waals surface area contributed by atoms with E-state index in [0.717, 1.165) is 17.7 Å². The van der Waals surface area contributed by atoms with E-state index < -0.39 is 12.0 Å². The molecule has 0 aromatic heterocycles. The van der Waals surface area contributed by atoms with Crippen LogP contribution in [0.4, 0.5) is 0 Å². The Kier molecular flexibility index (Phi) is 3.90. The molecule has 112 valence electrons. The number of carbonyl (C=O) groups excluding carboxylic acids is 1. The molecule has 2 atom stereocenters. The van der Waals surface area contributed by atoms with Gasteiger partial charge in [-0.1, -0.05) is 24.3 Å². The van der Waals surface area contributed by atoms with Crippen LogP contribution in [0, 0.1) is 0 Å². The summed E-state index contributed by atoms with van der Waals surface area (Å²) in [5.41, 5.74) is 2.10. The first-order valence-corrected chi connectivity index (χ1v) is 7.08. The van der Waals surface area contributed by atoms with Crippen LogP contribution in [0.25, 0.3) is 0 Å². The van der Waals surface area contributed by atoms with Crippen molar-refractivity contribution in [3.63, 3.8) is 0 Å². The Bertz CT molecular complexity index is 560. The summed E-state index contributed by atoms with van der Waals surface area (Å²) in [7, 11) is 0. The number of rotatable bonds is 2. The number of nitrogens with one attached hydrogen (secondary N) is 1. The Hall–Kier alpha value is -1.92. The van der Waals surface area contributed by atoms with Crippen LogP contribution in [-0.2, 0) is 20.9 Å². The van der Waals surface area contributed by atoms with Gasteiger partial charge in [-0.15, -0.1) is 0 Å². The van der Waals surface area contributed by atoms with E-state index >= 15 is 0 Å². The summed E-state index contributed by atoms with van der Waals surface area (Å²) in [4.78, 5) is 25.6. The van der Waals surface area contributed by atoms with Gasteiger partial charge in [0.1, 0.15) is 0 Å². The molecular formula is C15H18N2O4. The van der Waals surface area contributed by atoms with Crippen molar-refractivity contribution < 1.29 is 19.4 Å². The Morgan fingerprint density at radius 1 is 1.33 bits per heavy atom. The minimum Gasteiger partial charge on any atom is -0.480 e. The zero-order chi connectivity index (χ0) is 14.8. The Morgan fingerprint density at radius 2 is 2.14 bits per heavy atom. The largest absolute Gasteiger partial charge is 0.480 e. The van der Waals surface area contributed by atoms with Gasteiger partial charge in [-0.05, 0) is 11.1 Å². The molecule has 0 radical (unpaired) electrons. The Labute approximate surface area is 122 Å². The number of hydrogen-bond donors (Lipinski definition) is 2. The molecule has 2 aliphatic rings. The molecule has 2 unspecified atom stereocenters. The van der Waals surface area contributed by atoms with Gasteiger partial charge in [-0.3, -0.25) is 4.79 Å². The van der Waals surface area contributed by atoms with Gasteiger partial charge in [0.05, 0.1) is 19.1 Å². The number of carboxylic acids is 1. The molecule has 0 saturated carbocycles. The fraction of sp³-hybridized carbons (Fsp3) is 0.467. The molecule has 1 amide bonds. The quantitative estimate of drug-likeness (QED) is 0.812. The number of morpholine rings is 1. The highest BCUT2D eigenvalue weighted by Crippen LogP contribution is 2.27. The van der Waals surface area contributed by atoms with Gasteiger partial charge in [0, 0.05) is 19.6 Å². The van der Waals surface area contributed by atoms with Crippen molar-refractivity contribution >= 4 is 11.9 Å². The SMILES string of the molecule is O=C(O)C1COCCN1C(=O)C1CNCc2ccccc21. The second kappa shape index (κ2) is 5.83. The fourth-order valence-electron chi connectivity index (χ4n) is 2.99. The molecule has 1 fully saturated rings. The first-order valence-electron chi connectivity index (χ1n) is 7.08. The zero-order valence-corrected chi connectivity index (χ0v) is 11.6. The van der Waals surface area contributed by atoms with Crippen LogP contribution in [0.15, 0.2) is 24.3 Å². The molecule has 0 aliphatic carbocycles. The first-order chi connectivity index (χ1) is 10.2. The molecule has 1 aromatic rings. The number of carbonyl (C=O) groups is 2. The summed E-state index contributed by atoms with van der Waals surface area (Å²) in [6.07, 6.45) is 0. The molecule has 6 nitrogen and oxygen atoms in total. The molecule has 3 rings (SSSR count). The molecule has 1 aromatic carbocycles. The van der Waals surface area contributed by atoms with Crippen molar-refractivity contribution in [1.29, 1.82) is 0 Å². The van der Waals surface area contributed by atoms with Crippen molar-refractivity contribution in [3.8, 4) is 0 Å². The average molecular weight is 290 g/mol. The number of nitrogens with zero attached hydrogens (tertiary/aromatic N) is 1. The maximum atomic E-state index is 12.8. The third-order valence-corrected chi connectivity index (χ3v) is 4.09. The molecule has 2 N–H and O–H groups in total. The van der Waals surface area contributed by atoms with Crippen LogP contribution in [-0.4, -0.2) is 54.2 Å². The summed E-state index contributed by atoms with van der Waals surface area (Å²) in [5, 5.41) is 12.5. The standard InChI is InChI=1S/C15H18N2O4/c18-14(17-5-6-21-9-13(17)15(19)20)12-8-16-7-10-3-1-2-4-11(10)12/h1-4,12-13,16H,5-9H2,(H,19,20). The highest BCUT2D eigenvalue weighted by Gasteiger charge is 2.37. The predicted octanol–water partition coefficient (Wildman–Crippen LogP) is 0.185. The molecule has 6 heteroatoms. The molecule has 1 saturated heterocycles. The van der Waals surface area contributed by atoms with Crippen molar-refractivity contribution in [2.24, 2.45) is 0 Å². The highest BCUT2D eigenvalue weighted by molar-refractivity contribution is 5.89. The van der Waals surface area contributed by atoms with Gasteiger partial charge >= 0.3 is 5.97 Å². The number of carboxylic acid groups (broad SMARTS) is 1. The molecule has 2 heterocycles. The Balaban J connectivity index is 1.86. The maximum Gasteiger partial charge on any atom is 0.328 e. The van der Waals surface area contributed by atoms with E-state index in [1.165, 1.54) is 4.90 Å². The van der Waals surface area contributed by atoms with Crippen LogP contribution in [0.1, 0.15) is 17.0 Å². The maximum absolute atomic E-state index is 12.8. The monoisotopic (exact) mass is 290 g/mol. The summed E-state index contributed by atoms with van der Waals surface area (Å²) >= 11 is 0. The number of ether oxygens (including phenoxy) is 1. The minimum atomic E-state index is -1.01. The lowest BCUT2D eigenvalue weighted by Gasteiger charge is -2.37. The predicted molar refractivity (Wildman–Crippen MR) is 74.8 cm³/mol. The first kappa shape index (κ1) is 14.0. The van der Waals surface area contributed by atoms with Crippen LogP contribution < -0.4 is 5.32 Å². The molecule has 0 spiro atoms. The van der Waals surface area contributed by atoms with Gasteiger partial charge < -0.3 is 20.1 Å². The zero-order valence-electron chi connectivity index (χ0n) is 11.6. The highest BCUT2D eigenvalue weighted by atomic mass is 16.5. The van der Waals surface area contributed by atoms with E-state index in [9.17, 15) is 14.7 Å². The average Bonchev–Trinajstić information content (AvgIpc) is 2.53. The van der Waals surface area contributed by atoms with Crippen LogP contribution >= 0.6 is 0 Å². The number of amides is 1. The van der Waals surface area contributed by atoms with Crippen LogP contribution in [0.5, 0.6) is 0 Å². The third-order valence-electron chi connectivity index (χ3n) is 4.09. The second-order valence-corrected chi connectivity index (χ2v) is 5.34. The van der Waals surface area contributed by atoms with Gasteiger partial charge in [0.15, 0.2) is 6.04 Å². The van der Waals surface area contributed by atoms with Crippen molar-refractivity contribution in [2.45, 2.75) is 18.5 Å². The van der Waals surface area contributed by atoms with E-state index in [2.05, 4.69) is 5.32 Å². The van der Waals surface area contributed by atoms with Crippen molar-refractivity contribution in [2.75, 3.05) is 26.3 Å². The summed E-state index contributed by atoms with van der Waals surface area (Å²) in [6, 6.07) is 6.92. The summed E-state index contributed by atoms with van der Waals surface area (Å²) in [5.74, 6) is -1.47. The van der Waals surface area contributed by atoms with Crippen molar-refractivity contribution in [1.82, 2.24) is 10.2 Å². The lowest BCUT2D eigenvalue weighted by molar-refractivity contribution is -0.159. The lowest BCUT2D eigenvalue weighted by Crippen LogP contribution is -2.55. The topological polar surface area (TPSA) is 78.9 Å². The number of hydrogen-bond acceptors (Lipinski definition) is 4. The van der Waals surface area contributed by atoms with Gasteiger partial charge in [-0.25, -0.2) is 4.79 Å². The van der Waals surface area contributed by atoms with Crippen LogP contribution in [0.3, 0.4) is 0 Å². The molecule has 21 heavy (non-hydrogen) atoms. The second-order valence-electron chi connectivity index (χ2n) is 5.34. The summed E-state index contributed by atoms with van der Waals surface area (Å²) in [6.45, 7) is 2.06. The Morgan fingerprint density at radius 3 is 2.95 bits per heavy atom. The van der Waals surface area contributed by atoms with Crippen LogP contribution in [0.2, 0.25) is 0 Å². The smallest absolute Gasteiger partial charge is 0.328 e. The van der Waals surface area contributed by atoms with Crippen molar-refractivity contribution in [3.05, 3.63) is 35.4 Å². The van der Waals surface area contributed by atoms with E-state index in [-0.39, 0.29) is 18.4 Å². The third kappa shape index (κ3) is 2.64.